The van der Waals surface area contributed by atoms with Crippen LogP contribution in [0.25, 0.3) is 0 Å². The molecule has 1 fully saturated rings. The Balaban J connectivity index is 2.40. The number of H-pyrrole nitrogens is 1. The maximum atomic E-state index is 12.0. The van der Waals surface area contributed by atoms with E-state index in [1.165, 1.54) is 12.6 Å². The van der Waals surface area contributed by atoms with E-state index in [2.05, 4.69) is 23.8 Å². The Bertz CT molecular complexity index is 625. The summed E-state index contributed by atoms with van der Waals surface area (Å²) in [5, 5.41) is 10.5. The van der Waals surface area contributed by atoms with Crippen LogP contribution in [0.2, 0.25) is 0 Å². The van der Waals surface area contributed by atoms with E-state index in [0.717, 1.165) is 25.7 Å². The van der Waals surface area contributed by atoms with Crippen LogP contribution in [-0.4, -0.2) is 27.4 Å². The SMILES string of the molecule is CC(C)CN=Cc1c(O)n(C2CCCCC2)c(=S)[nH]c1=O. The van der Waals surface area contributed by atoms with Crippen molar-refractivity contribution in [3.63, 3.8) is 0 Å². The number of aromatic amines is 1. The van der Waals surface area contributed by atoms with Crippen molar-refractivity contribution in [2.24, 2.45) is 10.9 Å². The van der Waals surface area contributed by atoms with Gasteiger partial charge in [0, 0.05) is 18.8 Å². The molecule has 1 aliphatic carbocycles. The monoisotopic (exact) mass is 309 g/mol. The molecule has 6 heteroatoms. The number of hydrogen-bond acceptors (Lipinski definition) is 4. The van der Waals surface area contributed by atoms with Gasteiger partial charge in [-0.15, -0.1) is 0 Å². The van der Waals surface area contributed by atoms with Crippen LogP contribution in [0.1, 0.15) is 57.6 Å². The van der Waals surface area contributed by atoms with Gasteiger partial charge in [-0.1, -0.05) is 33.1 Å². The van der Waals surface area contributed by atoms with Gasteiger partial charge in [0.05, 0.1) is 0 Å². The van der Waals surface area contributed by atoms with Gasteiger partial charge in [0.25, 0.3) is 5.56 Å². The standard InChI is InChI=1S/C15H23N3O2S/c1-10(2)8-16-9-12-13(19)17-15(21)18(14(12)20)11-6-4-3-5-7-11/h9-11,20H,3-8H2,1-2H3,(H,17,19,21). The van der Waals surface area contributed by atoms with Crippen molar-refractivity contribution >= 4 is 18.4 Å². The Morgan fingerprint density at radius 1 is 1.43 bits per heavy atom. The lowest BCUT2D eigenvalue weighted by atomic mass is 9.95. The number of aliphatic imine (C=N–C) groups is 1. The van der Waals surface area contributed by atoms with Crippen LogP contribution in [0.3, 0.4) is 0 Å². The van der Waals surface area contributed by atoms with Crippen molar-refractivity contribution < 1.29 is 5.11 Å². The highest BCUT2D eigenvalue weighted by Crippen LogP contribution is 2.31. The van der Waals surface area contributed by atoms with Gasteiger partial charge in [-0.3, -0.25) is 19.3 Å². The molecule has 1 heterocycles. The molecule has 0 aliphatic heterocycles. The average Bonchev–Trinajstić information content (AvgIpc) is 2.43. The highest BCUT2D eigenvalue weighted by Gasteiger charge is 2.20. The van der Waals surface area contributed by atoms with E-state index in [4.69, 9.17) is 12.2 Å². The molecule has 21 heavy (non-hydrogen) atoms. The Kier molecular flexibility index (Phi) is 5.33. The Morgan fingerprint density at radius 3 is 2.71 bits per heavy atom. The number of nitrogens with zero attached hydrogens (tertiary/aromatic N) is 2. The van der Waals surface area contributed by atoms with Crippen LogP contribution in [0.4, 0.5) is 0 Å². The largest absolute Gasteiger partial charge is 0.494 e. The molecular weight excluding hydrogens is 286 g/mol. The zero-order chi connectivity index (χ0) is 15.4. The summed E-state index contributed by atoms with van der Waals surface area (Å²) in [7, 11) is 0. The molecule has 1 aromatic heterocycles. The van der Waals surface area contributed by atoms with Gasteiger partial charge in [-0.05, 0) is 31.0 Å². The second kappa shape index (κ2) is 7.02. The molecule has 0 amide bonds. The first-order valence-electron chi connectivity index (χ1n) is 7.58. The summed E-state index contributed by atoms with van der Waals surface area (Å²) < 4.78 is 1.98. The van der Waals surface area contributed by atoms with Gasteiger partial charge in [-0.25, -0.2) is 0 Å². The third-order valence-corrected chi connectivity index (χ3v) is 4.08. The Morgan fingerprint density at radius 2 is 2.10 bits per heavy atom. The average molecular weight is 309 g/mol. The van der Waals surface area contributed by atoms with Gasteiger partial charge in [0.1, 0.15) is 5.56 Å². The van der Waals surface area contributed by atoms with E-state index in [1.807, 2.05) is 0 Å². The lowest BCUT2D eigenvalue weighted by Crippen LogP contribution is -2.23. The molecule has 0 atom stereocenters. The zero-order valence-corrected chi connectivity index (χ0v) is 13.4. The van der Waals surface area contributed by atoms with Gasteiger partial charge in [-0.2, -0.15) is 0 Å². The number of rotatable bonds is 4. The first-order valence-corrected chi connectivity index (χ1v) is 7.99. The molecule has 1 saturated carbocycles. The van der Waals surface area contributed by atoms with Crippen molar-refractivity contribution in [3.05, 3.63) is 20.7 Å². The van der Waals surface area contributed by atoms with Crippen molar-refractivity contribution in [3.8, 4) is 5.88 Å². The summed E-state index contributed by atoms with van der Waals surface area (Å²) in [6.07, 6.45) is 6.90. The van der Waals surface area contributed by atoms with Gasteiger partial charge < -0.3 is 5.11 Å². The molecule has 1 aliphatic rings. The Hall–Kier alpha value is -1.43. The predicted molar refractivity (Wildman–Crippen MR) is 87.0 cm³/mol. The summed E-state index contributed by atoms with van der Waals surface area (Å²) in [4.78, 5) is 18.9. The van der Waals surface area contributed by atoms with Crippen LogP contribution in [-0.2, 0) is 0 Å². The summed E-state index contributed by atoms with van der Waals surface area (Å²) in [6, 6.07) is 0.167. The van der Waals surface area contributed by atoms with Crippen LogP contribution >= 0.6 is 12.2 Å². The van der Waals surface area contributed by atoms with E-state index in [9.17, 15) is 9.90 Å². The fraction of sp³-hybridized carbons (Fsp3) is 0.667. The highest BCUT2D eigenvalue weighted by atomic mass is 32.1. The lowest BCUT2D eigenvalue weighted by molar-refractivity contribution is 0.303. The first-order chi connectivity index (χ1) is 10.0. The van der Waals surface area contributed by atoms with Crippen LogP contribution in [0.15, 0.2) is 9.79 Å². The van der Waals surface area contributed by atoms with Gasteiger partial charge in [0.2, 0.25) is 5.88 Å². The first kappa shape index (κ1) is 15.9. The fourth-order valence-corrected chi connectivity index (χ4v) is 3.03. The maximum absolute atomic E-state index is 12.0. The minimum atomic E-state index is -0.378. The van der Waals surface area contributed by atoms with E-state index in [1.54, 1.807) is 4.57 Å². The highest BCUT2D eigenvalue weighted by molar-refractivity contribution is 7.71. The fourth-order valence-electron chi connectivity index (χ4n) is 2.70. The molecule has 116 valence electrons. The van der Waals surface area contributed by atoms with Crippen LogP contribution < -0.4 is 5.56 Å². The van der Waals surface area contributed by atoms with E-state index in [-0.39, 0.29) is 23.0 Å². The van der Waals surface area contributed by atoms with E-state index in [0.29, 0.717) is 17.2 Å². The third kappa shape index (κ3) is 3.81. The minimum Gasteiger partial charge on any atom is -0.494 e. The molecule has 0 spiro atoms. The summed E-state index contributed by atoms with van der Waals surface area (Å²) in [6.45, 7) is 4.73. The second-order valence-electron chi connectivity index (χ2n) is 6.05. The minimum absolute atomic E-state index is 0.0526. The lowest BCUT2D eigenvalue weighted by Gasteiger charge is -2.25. The number of hydrogen-bond donors (Lipinski definition) is 2. The van der Waals surface area contributed by atoms with Gasteiger partial charge in [0.15, 0.2) is 4.77 Å². The Labute approximate surface area is 129 Å². The molecule has 2 rings (SSSR count). The molecule has 0 aromatic carbocycles. The topological polar surface area (TPSA) is 70.4 Å². The summed E-state index contributed by atoms with van der Waals surface area (Å²) >= 11 is 5.22. The molecule has 0 unspecified atom stereocenters. The molecule has 5 nitrogen and oxygen atoms in total. The molecule has 0 saturated heterocycles. The van der Waals surface area contributed by atoms with Crippen LogP contribution in [0, 0.1) is 10.7 Å². The summed E-state index contributed by atoms with van der Waals surface area (Å²) in [5.41, 5.74) is -0.174. The van der Waals surface area contributed by atoms with Crippen molar-refractivity contribution in [1.82, 2.24) is 9.55 Å². The molecule has 1 aromatic rings. The smallest absolute Gasteiger partial charge is 0.264 e. The molecule has 0 radical (unpaired) electrons. The zero-order valence-electron chi connectivity index (χ0n) is 12.6. The molecule has 2 N–H and O–H groups in total. The van der Waals surface area contributed by atoms with E-state index >= 15 is 0 Å². The quantitative estimate of drug-likeness (QED) is 0.663. The molecule has 0 bridgehead atoms. The maximum Gasteiger partial charge on any atom is 0.264 e. The van der Waals surface area contributed by atoms with Crippen molar-refractivity contribution in [2.75, 3.05) is 6.54 Å². The normalized spacial score (nSPS) is 16.9. The number of aromatic hydroxyl groups is 1. The van der Waals surface area contributed by atoms with Crippen molar-refractivity contribution in [2.45, 2.75) is 52.0 Å². The number of nitrogens with one attached hydrogen (secondary N) is 1. The third-order valence-electron chi connectivity index (χ3n) is 3.78. The second-order valence-corrected chi connectivity index (χ2v) is 6.43. The summed E-state index contributed by atoms with van der Waals surface area (Å²) in [5.74, 6) is 0.356. The van der Waals surface area contributed by atoms with E-state index < -0.39 is 0 Å². The molecular formula is C15H23N3O2S. The number of aromatic nitrogens is 2. The predicted octanol–water partition coefficient (Wildman–Crippen LogP) is 3.19. The van der Waals surface area contributed by atoms with Crippen LogP contribution in [0.5, 0.6) is 5.88 Å². The van der Waals surface area contributed by atoms with Crippen molar-refractivity contribution in [1.29, 1.82) is 0 Å². The van der Waals surface area contributed by atoms with Gasteiger partial charge >= 0.3 is 0 Å².